The Bertz CT molecular complexity index is 809. The average Bonchev–Trinajstić information content (AvgIpc) is 3.08. The van der Waals surface area contributed by atoms with Crippen molar-refractivity contribution in [1.29, 1.82) is 0 Å². The highest BCUT2D eigenvalue weighted by Crippen LogP contribution is 2.22. The van der Waals surface area contributed by atoms with Crippen LogP contribution in [-0.4, -0.2) is 15.5 Å². The molecule has 0 aliphatic heterocycles. The summed E-state index contributed by atoms with van der Waals surface area (Å²) in [6, 6.07) is 17.6. The Labute approximate surface area is 142 Å². The summed E-state index contributed by atoms with van der Waals surface area (Å²) in [5.41, 5.74) is 3.67. The number of aromatic nitrogens is 2. The van der Waals surface area contributed by atoms with E-state index in [0.717, 1.165) is 23.4 Å². The molecular weight excluding hydrogens is 298 g/mol. The molecule has 0 radical (unpaired) electrons. The zero-order valence-corrected chi connectivity index (χ0v) is 13.9. The number of amides is 1. The van der Waals surface area contributed by atoms with Crippen LogP contribution >= 0.6 is 0 Å². The molecule has 4 heteroatoms. The average molecular weight is 319 g/mol. The van der Waals surface area contributed by atoms with E-state index in [1.807, 2.05) is 79.2 Å². The van der Waals surface area contributed by atoms with E-state index >= 15 is 0 Å². The predicted molar refractivity (Wildman–Crippen MR) is 95.7 cm³/mol. The molecule has 1 aromatic carbocycles. The van der Waals surface area contributed by atoms with Gasteiger partial charge >= 0.3 is 0 Å². The van der Waals surface area contributed by atoms with Gasteiger partial charge in [-0.15, -0.1) is 0 Å². The van der Waals surface area contributed by atoms with Gasteiger partial charge in [-0.25, -0.2) is 0 Å². The third kappa shape index (κ3) is 3.38. The van der Waals surface area contributed by atoms with Crippen molar-refractivity contribution >= 4 is 5.91 Å². The quantitative estimate of drug-likeness (QED) is 0.771. The van der Waals surface area contributed by atoms with Crippen LogP contribution in [-0.2, 0) is 6.54 Å². The van der Waals surface area contributed by atoms with Gasteiger partial charge in [-0.05, 0) is 37.6 Å². The van der Waals surface area contributed by atoms with E-state index in [4.69, 9.17) is 0 Å². The standard InChI is InChI=1S/C20H21N3O/c1-3-23-14-17(16-9-5-4-6-10-16)13-19(23)20(24)22-15(2)18-11-7-8-12-21-18/h4-15H,3H2,1-2H3,(H,22,24). The minimum atomic E-state index is -0.140. The van der Waals surface area contributed by atoms with Gasteiger partial charge in [-0.1, -0.05) is 36.4 Å². The van der Waals surface area contributed by atoms with Crippen molar-refractivity contribution < 1.29 is 4.79 Å². The molecule has 24 heavy (non-hydrogen) atoms. The Morgan fingerprint density at radius 2 is 1.88 bits per heavy atom. The highest BCUT2D eigenvalue weighted by atomic mass is 16.2. The summed E-state index contributed by atoms with van der Waals surface area (Å²) in [7, 11) is 0. The lowest BCUT2D eigenvalue weighted by atomic mass is 10.1. The van der Waals surface area contributed by atoms with E-state index in [2.05, 4.69) is 10.3 Å². The Morgan fingerprint density at radius 1 is 1.12 bits per heavy atom. The second-order valence-corrected chi connectivity index (χ2v) is 5.72. The molecule has 2 heterocycles. The molecule has 0 spiro atoms. The smallest absolute Gasteiger partial charge is 0.268 e. The summed E-state index contributed by atoms with van der Waals surface area (Å²) in [4.78, 5) is 17.0. The zero-order valence-electron chi connectivity index (χ0n) is 13.9. The van der Waals surface area contributed by atoms with E-state index in [-0.39, 0.29) is 11.9 Å². The zero-order chi connectivity index (χ0) is 16.9. The molecule has 0 saturated carbocycles. The van der Waals surface area contributed by atoms with Gasteiger partial charge in [0.1, 0.15) is 5.69 Å². The largest absolute Gasteiger partial charge is 0.343 e. The molecule has 0 fully saturated rings. The highest BCUT2D eigenvalue weighted by Gasteiger charge is 2.17. The van der Waals surface area contributed by atoms with Crippen LogP contribution in [0.5, 0.6) is 0 Å². The van der Waals surface area contributed by atoms with Crippen LogP contribution in [0.2, 0.25) is 0 Å². The highest BCUT2D eigenvalue weighted by molar-refractivity contribution is 5.94. The predicted octanol–water partition coefficient (Wildman–Crippen LogP) is 4.06. The fraction of sp³-hybridized carbons (Fsp3) is 0.200. The second-order valence-electron chi connectivity index (χ2n) is 5.72. The lowest BCUT2D eigenvalue weighted by Crippen LogP contribution is -2.28. The van der Waals surface area contributed by atoms with Gasteiger partial charge in [0.05, 0.1) is 11.7 Å². The number of hydrogen-bond acceptors (Lipinski definition) is 2. The summed E-state index contributed by atoms with van der Waals surface area (Å²) in [5, 5.41) is 3.03. The van der Waals surface area contributed by atoms with Gasteiger partial charge < -0.3 is 9.88 Å². The first-order chi connectivity index (χ1) is 11.7. The first-order valence-corrected chi connectivity index (χ1v) is 8.16. The van der Waals surface area contributed by atoms with Crippen LogP contribution < -0.4 is 5.32 Å². The lowest BCUT2D eigenvalue weighted by Gasteiger charge is -2.14. The normalized spacial score (nSPS) is 11.9. The van der Waals surface area contributed by atoms with Crippen molar-refractivity contribution in [1.82, 2.24) is 14.9 Å². The van der Waals surface area contributed by atoms with Crippen LogP contribution in [0.15, 0.2) is 67.0 Å². The van der Waals surface area contributed by atoms with Crippen LogP contribution in [0.3, 0.4) is 0 Å². The summed E-state index contributed by atoms with van der Waals surface area (Å²) in [6.07, 6.45) is 3.76. The second kappa shape index (κ2) is 7.13. The Hall–Kier alpha value is -2.88. The fourth-order valence-electron chi connectivity index (χ4n) is 2.73. The topological polar surface area (TPSA) is 46.9 Å². The Morgan fingerprint density at radius 3 is 2.54 bits per heavy atom. The third-order valence-corrected chi connectivity index (χ3v) is 4.06. The van der Waals surface area contributed by atoms with E-state index in [0.29, 0.717) is 5.69 Å². The maximum atomic E-state index is 12.7. The number of rotatable bonds is 5. The van der Waals surface area contributed by atoms with Crippen LogP contribution in [0, 0.1) is 0 Å². The molecule has 3 aromatic rings. The van der Waals surface area contributed by atoms with E-state index in [1.54, 1.807) is 6.20 Å². The molecule has 0 aliphatic carbocycles. The van der Waals surface area contributed by atoms with Crippen LogP contribution in [0.1, 0.15) is 36.1 Å². The van der Waals surface area contributed by atoms with Gasteiger partial charge in [-0.2, -0.15) is 0 Å². The van der Waals surface area contributed by atoms with Crippen molar-refractivity contribution in [3.05, 3.63) is 78.4 Å². The number of carbonyl (C=O) groups is 1. The van der Waals surface area contributed by atoms with Crippen LogP contribution in [0.25, 0.3) is 11.1 Å². The lowest BCUT2D eigenvalue weighted by molar-refractivity contribution is 0.0930. The first kappa shape index (κ1) is 16.0. The molecule has 2 aromatic heterocycles. The Balaban J connectivity index is 1.83. The summed E-state index contributed by atoms with van der Waals surface area (Å²) >= 11 is 0. The molecule has 0 aliphatic rings. The van der Waals surface area contributed by atoms with E-state index < -0.39 is 0 Å². The van der Waals surface area contributed by atoms with Gasteiger partial charge in [0.25, 0.3) is 5.91 Å². The van der Waals surface area contributed by atoms with Gasteiger partial charge in [0.2, 0.25) is 0 Å². The Kier molecular flexibility index (Phi) is 4.75. The molecule has 3 rings (SSSR count). The number of carbonyl (C=O) groups excluding carboxylic acids is 1. The van der Waals surface area contributed by atoms with Crippen molar-refractivity contribution in [2.24, 2.45) is 0 Å². The number of hydrogen-bond donors (Lipinski definition) is 1. The van der Waals surface area contributed by atoms with E-state index in [9.17, 15) is 4.79 Å². The molecule has 1 amide bonds. The number of nitrogens with one attached hydrogen (secondary N) is 1. The number of aryl methyl sites for hydroxylation is 1. The summed E-state index contributed by atoms with van der Waals surface area (Å²) in [5.74, 6) is -0.0859. The fourth-order valence-corrected chi connectivity index (χ4v) is 2.73. The van der Waals surface area contributed by atoms with Crippen molar-refractivity contribution in [3.63, 3.8) is 0 Å². The maximum Gasteiger partial charge on any atom is 0.268 e. The molecule has 0 saturated heterocycles. The van der Waals surface area contributed by atoms with Gasteiger partial charge in [-0.3, -0.25) is 9.78 Å². The molecule has 4 nitrogen and oxygen atoms in total. The van der Waals surface area contributed by atoms with Crippen molar-refractivity contribution in [2.45, 2.75) is 26.4 Å². The van der Waals surface area contributed by atoms with Gasteiger partial charge in [0, 0.05) is 24.5 Å². The minimum absolute atomic E-state index is 0.0859. The van der Waals surface area contributed by atoms with Gasteiger partial charge in [0.15, 0.2) is 0 Å². The molecule has 0 bridgehead atoms. The monoisotopic (exact) mass is 319 g/mol. The van der Waals surface area contributed by atoms with Crippen LogP contribution in [0.4, 0.5) is 0 Å². The third-order valence-electron chi connectivity index (χ3n) is 4.06. The van der Waals surface area contributed by atoms with Crippen molar-refractivity contribution in [2.75, 3.05) is 0 Å². The first-order valence-electron chi connectivity index (χ1n) is 8.16. The number of nitrogens with zero attached hydrogens (tertiary/aromatic N) is 2. The minimum Gasteiger partial charge on any atom is -0.343 e. The SMILES string of the molecule is CCn1cc(-c2ccccc2)cc1C(=O)NC(C)c1ccccn1. The number of benzene rings is 1. The summed E-state index contributed by atoms with van der Waals surface area (Å²) in [6.45, 7) is 4.72. The molecule has 1 unspecified atom stereocenters. The molecule has 122 valence electrons. The molecular formula is C20H21N3O. The van der Waals surface area contributed by atoms with Crippen molar-refractivity contribution in [3.8, 4) is 11.1 Å². The number of pyridine rings is 1. The maximum absolute atomic E-state index is 12.7. The molecule has 1 atom stereocenters. The molecule has 1 N–H and O–H groups in total. The summed E-state index contributed by atoms with van der Waals surface area (Å²) < 4.78 is 1.98. The van der Waals surface area contributed by atoms with E-state index in [1.165, 1.54) is 0 Å².